The Morgan fingerprint density at radius 3 is 1.56 bits per heavy atom. The summed E-state index contributed by atoms with van der Waals surface area (Å²) >= 11 is 0. The maximum atomic E-state index is 8.21. The number of nitrogens with two attached hydrogens (primary N) is 1. The van der Waals surface area contributed by atoms with E-state index in [0.717, 1.165) is 0 Å². The van der Waals surface area contributed by atoms with Gasteiger partial charge in [-0.1, -0.05) is 0 Å². The summed E-state index contributed by atoms with van der Waals surface area (Å²) in [5.74, 6) is -2.40. The Morgan fingerprint density at radius 2 is 1.56 bits per heavy atom. The van der Waals surface area contributed by atoms with Crippen molar-refractivity contribution in [1.29, 1.82) is 0 Å². The maximum Gasteiger partial charge on any atom is 0.318 e. The largest absolute Gasteiger partial charge is 0.503 e. The highest BCUT2D eigenvalue weighted by Crippen LogP contribution is 1.93. The molecule has 56 valence electrons. The molecule has 0 fully saturated rings. The van der Waals surface area contributed by atoms with Gasteiger partial charge in [0.2, 0.25) is 5.76 Å². The van der Waals surface area contributed by atoms with Gasteiger partial charge < -0.3 is 25.9 Å². The number of hydrogen-bond donors (Lipinski definition) is 5. The highest BCUT2D eigenvalue weighted by Gasteiger charge is 2.07. The Hall–Kier alpha value is -0.980. The van der Waals surface area contributed by atoms with Crippen molar-refractivity contribution in [2.75, 3.05) is 0 Å². The van der Waals surface area contributed by atoms with E-state index in [0.29, 0.717) is 0 Å². The highest BCUT2D eigenvalue weighted by atomic mass is 16.5. The molecule has 0 heterocycles. The van der Waals surface area contributed by atoms with Crippen LogP contribution < -0.4 is 5.73 Å². The second kappa shape index (κ2) is 3.96. The van der Waals surface area contributed by atoms with Crippen LogP contribution in [-0.4, -0.2) is 32.1 Å². The Labute approximate surface area is 50.8 Å². The molecule has 0 aliphatic heterocycles. The first kappa shape index (κ1) is 10.9. The van der Waals surface area contributed by atoms with E-state index in [4.69, 9.17) is 20.4 Å². The van der Waals surface area contributed by atoms with E-state index in [1.165, 1.54) is 0 Å². The summed E-state index contributed by atoms with van der Waals surface area (Å²) in [4.78, 5) is 0. The van der Waals surface area contributed by atoms with Crippen molar-refractivity contribution in [3.8, 4) is 0 Å². The molecule has 0 aliphatic rings. The fraction of sp³-hybridized carbons (Fsp3) is 0.333. The van der Waals surface area contributed by atoms with Gasteiger partial charge in [-0.25, -0.2) is 0 Å². The van der Waals surface area contributed by atoms with E-state index in [1.54, 1.807) is 0 Å². The zero-order chi connectivity index (χ0) is 6.73. The van der Waals surface area contributed by atoms with E-state index in [-0.39, 0.29) is 5.48 Å². The van der Waals surface area contributed by atoms with Crippen molar-refractivity contribution >= 4 is 0 Å². The van der Waals surface area contributed by atoms with E-state index in [2.05, 4.69) is 5.73 Å². The smallest absolute Gasteiger partial charge is 0.318 e. The molecule has 9 heavy (non-hydrogen) atoms. The third-order valence-corrected chi connectivity index (χ3v) is 0.509. The molecule has 1 atom stereocenters. The molecule has 0 bridgehead atoms. The van der Waals surface area contributed by atoms with Gasteiger partial charge in [0.1, 0.15) is 0 Å². The minimum absolute atomic E-state index is 0. The molecular formula is C3H9NO5. The lowest BCUT2D eigenvalue weighted by Crippen LogP contribution is -2.22. The van der Waals surface area contributed by atoms with Crippen molar-refractivity contribution < 1.29 is 25.9 Å². The van der Waals surface area contributed by atoms with Gasteiger partial charge in [0.05, 0.1) is 0 Å². The summed E-state index contributed by atoms with van der Waals surface area (Å²) in [6.45, 7) is 0. The Kier molecular flexibility index (Phi) is 4.79. The second-order valence-electron chi connectivity index (χ2n) is 1.15. The second-order valence-corrected chi connectivity index (χ2v) is 1.15. The molecule has 8 N–H and O–H groups in total. The van der Waals surface area contributed by atoms with Crippen LogP contribution in [0.25, 0.3) is 0 Å². The van der Waals surface area contributed by atoms with Crippen LogP contribution >= 0.6 is 0 Å². The van der Waals surface area contributed by atoms with Crippen LogP contribution in [0.3, 0.4) is 0 Å². The summed E-state index contributed by atoms with van der Waals surface area (Å²) in [6, 6.07) is 0. The van der Waals surface area contributed by atoms with Crippen molar-refractivity contribution in [2.24, 2.45) is 5.73 Å². The molecule has 1 unspecified atom stereocenters. The minimum atomic E-state index is -1.72. The summed E-state index contributed by atoms with van der Waals surface area (Å²) in [7, 11) is 0. The normalized spacial score (nSPS) is 11.3. The minimum Gasteiger partial charge on any atom is -0.503 e. The third kappa shape index (κ3) is 3.59. The van der Waals surface area contributed by atoms with E-state index in [9.17, 15) is 0 Å². The summed E-state index contributed by atoms with van der Waals surface area (Å²) in [5.41, 5.74) is 4.56. The van der Waals surface area contributed by atoms with Crippen LogP contribution in [0.1, 0.15) is 0 Å². The lowest BCUT2D eigenvalue weighted by atomic mass is 10.5. The zero-order valence-electron chi connectivity index (χ0n) is 4.44. The predicted molar refractivity (Wildman–Crippen MR) is 28.7 cm³/mol. The average Bonchev–Trinajstić information content (AvgIpc) is 1.64. The number of aliphatic hydroxyl groups is 4. The van der Waals surface area contributed by atoms with Crippen LogP contribution in [0.4, 0.5) is 0 Å². The third-order valence-electron chi connectivity index (χ3n) is 0.509. The van der Waals surface area contributed by atoms with Crippen LogP contribution in [-0.2, 0) is 0 Å². The SMILES string of the molecule is NC(O)C(O)=C(O)O.O. The lowest BCUT2D eigenvalue weighted by molar-refractivity contribution is 0.100. The first-order valence-corrected chi connectivity index (χ1v) is 1.80. The van der Waals surface area contributed by atoms with Gasteiger partial charge in [-0.2, -0.15) is 0 Å². The zero-order valence-corrected chi connectivity index (χ0v) is 4.44. The molecule has 0 aromatic carbocycles. The standard InChI is InChI=1S/C3H7NO4.H2O/c4-2(6)1(5)3(7)8;/h2,5-8H,4H2;1H2. The van der Waals surface area contributed by atoms with Crippen molar-refractivity contribution in [2.45, 2.75) is 6.23 Å². The number of aliphatic hydroxyl groups excluding tert-OH is 3. The van der Waals surface area contributed by atoms with Crippen molar-refractivity contribution in [3.05, 3.63) is 11.7 Å². The fourth-order valence-corrected chi connectivity index (χ4v) is 0.132. The number of hydrogen-bond acceptors (Lipinski definition) is 5. The molecule has 0 radical (unpaired) electrons. The van der Waals surface area contributed by atoms with Crippen LogP contribution in [0.2, 0.25) is 0 Å². The monoisotopic (exact) mass is 139 g/mol. The predicted octanol–water partition coefficient (Wildman–Crippen LogP) is -1.72. The molecule has 0 rings (SSSR count). The number of rotatable bonds is 1. The molecule has 0 saturated heterocycles. The van der Waals surface area contributed by atoms with Gasteiger partial charge >= 0.3 is 5.95 Å². The molecule has 0 aromatic heterocycles. The molecular weight excluding hydrogens is 130 g/mol. The van der Waals surface area contributed by atoms with Gasteiger partial charge in [-0.15, -0.1) is 0 Å². The van der Waals surface area contributed by atoms with Crippen molar-refractivity contribution in [1.82, 2.24) is 0 Å². The summed E-state index contributed by atoms with van der Waals surface area (Å²) in [5, 5.41) is 32.2. The topological polar surface area (TPSA) is 138 Å². The quantitative estimate of drug-likeness (QED) is 0.217. The van der Waals surface area contributed by atoms with Gasteiger partial charge in [0.25, 0.3) is 0 Å². The molecule has 0 saturated carbocycles. The van der Waals surface area contributed by atoms with Crippen LogP contribution in [0.15, 0.2) is 11.7 Å². The fourth-order valence-electron chi connectivity index (χ4n) is 0.132. The molecule has 0 spiro atoms. The van der Waals surface area contributed by atoms with E-state index < -0.39 is 17.9 Å². The van der Waals surface area contributed by atoms with Crippen molar-refractivity contribution in [3.63, 3.8) is 0 Å². The molecule has 0 amide bonds. The Bertz CT molecular complexity index is 105. The van der Waals surface area contributed by atoms with Crippen LogP contribution in [0, 0.1) is 0 Å². The molecule has 0 aromatic rings. The average molecular weight is 139 g/mol. The lowest BCUT2D eigenvalue weighted by Gasteiger charge is -2.00. The summed E-state index contributed by atoms with van der Waals surface area (Å²) < 4.78 is 0. The summed E-state index contributed by atoms with van der Waals surface area (Å²) in [6.07, 6.45) is -1.72. The van der Waals surface area contributed by atoms with Crippen LogP contribution in [0.5, 0.6) is 0 Å². The van der Waals surface area contributed by atoms with E-state index >= 15 is 0 Å². The van der Waals surface area contributed by atoms with E-state index in [1.807, 2.05) is 0 Å². The maximum absolute atomic E-state index is 8.21. The van der Waals surface area contributed by atoms with Gasteiger partial charge in [0.15, 0.2) is 6.23 Å². The van der Waals surface area contributed by atoms with Gasteiger partial charge in [0, 0.05) is 0 Å². The molecule has 6 heteroatoms. The first-order chi connectivity index (χ1) is 3.55. The molecule has 6 nitrogen and oxygen atoms in total. The Balaban J connectivity index is 0. The van der Waals surface area contributed by atoms with Gasteiger partial charge in [-0.3, -0.25) is 5.73 Å². The Morgan fingerprint density at radius 1 is 1.22 bits per heavy atom. The first-order valence-electron chi connectivity index (χ1n) is 1.80. The highest BCUT2D eigenvalue weighted by molar-refractivity contribution is 4.93. The molecule has 0 aliphatic carbocycles. The van der Waals surface area contributed by atoms with Gasteiger partial charge in [-0.05, 0) is 0 Å².